The molecule has 0 aliphatic rings. The van der Waals surface area contributed by atoms with Crippen molar-refractivity contribution in [3.05, 3.63) is 29.8 Å². The second kappa shape index (κ2) is 3.32. The topological polar surface area (TPSA) is 20.2 Å². The summed E-state index contributed by atoms with van der Waals surface area (Å²) in [6, 6.07) is 6.11. The first-order valence-electron chi connectivity index (χ1n) is 3.25. The Balaban J connectivity index is 2.78. The molecule has 0 heterocycles. The summed E-state index contributed by atoms with van der Waals surface area (Å²) in [5, 5.41) is 9.03. The standard InChI is InChI=1S/C8H8F2O/c9-8(10)5-6-3-1-2-4-7(6)11/h1-4,8,11H,5H2. The molecule has 0 saturated heterocycles. The lowest BCUT2D eigenvalue weighted by Crippen LogP contribution is -1.96. The van der Waals surface area contributed by atoms with Gasteiger partial charge in [-0.15, -0.1) is 0 Å². The van der Waals surface area contributed by atoms with Crippen LogP contribution in [0.15, 0.2) is 24.3 Å². The van der Waals surface area contributed by atoms with Gasteiger partial charge in [-0.1, -0.05) is 18.2 Å². The molecule has 0 aliphatic heterocycles. The van der Waals surface area contributed by atoms with Crippen LogP contribution in [0.4, 0.5) is 8.78 Å². The zero-order chi connectivity index (χ0) is 8.27. The maximum absolute atomic E-state index is 11.8. The predicted molar refractivity (Wildman–Crippen MR) is 37.8 cm³/mol. The van der Waals surface area contributed by atoms with Gasteiger partial charge in [0.1, 0.15) is 5.75 Å². The van der Waals surface area contributed by atoms with Gasteiger partial charge in [0.2, 0.25) is 6.43 Å². The van der Waals surface area contributed by atoms with Crippen LogP contribution >= 0.6 is 0 Å². The molecule has 0 aromatic heterocycles. The molecule has 0 bridgehead atoms. The summed E-state index contributed by atoms with van der Waals surface area (Å²) in [6.45, 7) is 0. The fraction of sp³-hybridized carbons (Fsp3) is 0.250. The van der Waals surface area contributed by atoms with E-state index in [9.17, 15) is 8.78 Å². The Kier molecular flexibility index (Phi) is 2.41. The summed E-state index contributed by atoms with van der Waals surface area (Å²) < 4.78 is 23.6. The minimum Gasteiger partial charge on any atom is -0.508 e. The Labute approximate surface area is 63.3 Å². The van der Waals surface area contributed by atoms with E-state index in [1.165, 1.54) is 12.1 Å². The number of alkyl halides is 2. The maximum Gasteiger partial charge on any atom is 0.242 e. The number of phenols is 1. The van der Waals surface area contributed by atoms with Gasteiger partial charge in [0.05, 0.1) is 0 Å². The first kappa shape index (κ1) is 7.98. The van der Waals surface area contributed by atoms with E-state index in [2.05, 4.69) is 0 Å². The van der Waals surface area contributed by atoms with Gasteiger partial charge in [-0.05, 0) is 11.6 Å². The Morgan fingerprint density at radius 3 is 2.45 bits per heavy atom. The molecule has 0 radical (unpaired) electrons. The minimum absolute atomic E-state index is 0.0622. The number of aromatic hydroxyl groups is 1. The van der Waals surface area contributed by atoms with E-state index < -0.39 is 6.43 Å². The molecule has 0 spiro atoms. The summed E-state index contributed by atoms with van der Waals surface area (Å²) >= 11 is 0. The summed E-state index contributed by atoms with van der Waals surface area (Å²) in [4.78, 5) is 0. The van der Waals surface area contributed by atoms with Crippen LogP contribution < -0.4 is 0 Å². The van der Waals surface area contributed by atoms with Crippen molar-refractivity contribution in [3.8, 4) is 5.75 Å². The van der Waals surface area contributed by atoms with E-state index in [1.807, 2.05) is 0 Å². The van der Waals surface area contributed by atoms with Crippen molar-refractivity contribution in [1.29, 1.82) is 0 Å². The van der Waals surface area contributed by atoms with Crippen molar-refractivity contribution in [2.45, 2.75) is 12.8 Å². The summed E-state index contributed by atoms with van der Waals surface area (Å²) in [6.07, 6.45) is -2.78. The van der Waals surface area contributed by atoms with Gasteiger partial charge in [0, 0.05) is 6.42 Å². The Morgan fingerprint density at radius 2 is 1.91 bits per heavy atom. The average molecular weight is 158 g/mol. The van der Waals surface area contributed by atoms with E-state index in [1.54, 1.807) is 12.1 Å². The Morgan fingerprint density at radius 1 is 1.27 bits per heavy atom. The zero-order valence-corrected chi connectivity index (χ0v) is 5.80. The highest BCUT2D eigenvalue weighted by Gasteiger charge is 2.06. The van der Waals surface area contributed by atoms with Crippen molar-refractivity contribution in [1.82, 2.24) is 0 Å². The fourth-order valence-corrected chi connectivity index (χ4v) is 0.850. The largest absolute Gasteiger partial charge is 0.508 e. The van der Waals surface area contributed by atoms with Crippen LogP contribution in [0.3, 0.4) is 0 Å². The van der Waals surface area contributed by atoms with Gasteiger partial charge in [-0.2, -0.15) is 0 Å². The van der Waals surface area contributed by atoms with Gasteiger partial charge in [-0.3, -0.25) is 0 Å². The average Bonchev–Trinajstić information content (AvgIpc) is 1.93. The van der Waals surface area contributed by atoms with Gasteiger partial charge in [0.25, 0.3) is 0 Å². The highest BCUT2D eigenvalue weighted by molar-refractivity contribution is 5.31. The number of halogens is 2. The lowest BCUT2D eigenvalue weighted by molar-refractivity contribution is 0.148. The Hall–Kier alpha value is -1.12. The third-order valence-corrected chi connectivity index (χ3v) is 1.37. The van der Waals surface area contributed by atoms with Crippen LogP contribution in [0.25, 0.3) is 0 Å². The molecule has 1 aromatic rings. The second-order valence-electron chi connectivity index (χ2n) is 2.22. The molecule has 0 fully saturated rings. The molecule has 0 saturated carbocycles. The highest BCUT2D eigenvalue weighted by Crippen LogP contribution is 2.18. The van der Waals surface area contributed by atoms with E-state index in [0.29, 0.717) is 5.56 Å². The molecule has 3 heteroatoms. The number of para-hydroxylation sites is 1. The number of hydrogen-bond donors (Lipinski definition) is 1. The lowest BCUT2D eigenvalue weighted by Gasteiger charge is -2.01. The third-order valence-electron chi connectivity index (χ3n) is 1.37. The first-order valence-corrected chi connectivity index (χ1v) is 3.25. The summed E-state index contributed by atoms with van der Waals surface area (Å²) in [7, 11) is 0. The van der Waals surface area contributed by atoms with E-state index in [4.69, 9.17) is 5.11 Å². The SMILES string of the molecule is Oc1ccccc1CC(F)F. The molecule has 0 atom stereocenters. The number of benzene rings is 1. The normalized spacial score (nSPS) is 10.5. The molecule has 1 aromatic carbocycles. The highest BCUT2D eigenvalue weighted by atomic mass is 19.3. The van der Waals surface area contributed by atoms with Crippen LogP contribution in [0, 0.1) is 0 Å². The fourth-order valence-electron chi connectivity index (χ4n) is 0.850. The minimum atomic E-state index is -2.40. The Bertz CT molecular complexity index is 235. The maximum atomic E-state index is 11.8. The van der Waals surface area contributed by atoms with Crippen LogP contribution in [-0.2, 0) is 6.42 Å². The molecule has 0 unspecified atom stereocenters. The molecule has 11 heavy (non-hydrogen) atoms. The molecule has 1 rings (SSSR count). The van der Waals surface area contributed by atoms with Crippen molar-refractivity contribution >= 4 is 0 Å². The molecule has 0 amide bonds. The number of phenolic OH excluding ortho intramolecular Hbond substituents is 1. The summed E-state index contributed by atoms with van der Waals surface area (Å²) in [5.74, 6) is -0.0622. The van der Waals surface area contributed by atoms with E-state index in [-0.39, 0.29) is 12.2 Å². The van der Waals surface area contributed by atoms with E-state index in [0.717, 1.165) is 0 Å². The predicted octanol–water partition coefficient (Wildman–Crippen LogP) is 2.20. The zero-order valence-electron chi connectivity index (χ0n) is 5.80. The van der Waals surface area contributed by atoms with Crippen LogP contribution in [0.5, 0.6) is 5.75 Å². The molecular weight excluding hydrogens is 150 g/mol. The van der Waals surface area contributed by atoms with Crippen molar-refractivity contribution < 1.29 is 13.9 Å². The van der Waals surface area contributed by atoms with Gasteiger partial charge in [-0.25, -0.2) is 8.78 Å². The van der Waals surface area contributed by atoms with Gasteiger partial charge in [0.15, 0.2) is 0 Å². The van der Waals surface area contributed by atoms with Gasteiger partial charge < -0.3 is 5.11 Å². The monoisotopic (exact) mass is 158 g/mol. The quantitative estimate of drug-likeness (QED) is 0.699. The number of rotatable bonds is 2. The third kappa shape index (κ3) is 2.18. The number of hydrogen-bond acceptors (Lipinski definition) is 1. The van der Waals surface area contributed by atoms with Crippen molar-refractivity contribution in [2.24, 2.45) is 0 Å². The summed E-state index contributed by atoms with van der Waals surface area (Å²) in [5.41, 5.74) is 0.294. The second-order valence-corrected chi connectivity index (χ2v) is 2.22. The van der Waals surface area contributed by atoms with Crippen LogP contribution in [-0.4, -0.2) is 11.5 Å². The van der Waals surface area contributed by atoms with Crippen molar-refractivity contribution in [2.75, 3.05) is 0 Å². The van der Waals surface area contributed by atoms with Crippen LogP contribution in [0.2, 0.25) is 0 Å². The molecule has 0 aliphatic carbocycles. The molecule has 1 nitrogen and oxygen atoms in total. The van der Waals surface area contributed by atoms with E-state index >= 15 is 0 Å². The molecule has 60 valence electrons. The lowest BCUT2D eigenvalue weighted by atomic mass is 10.1. The van der Waals surface area contributed by atoms with Gasteiger partial charge >= 0.3 is 0 Å². The first-order chi connectivity index (χ1) is 5.20. The van der Waals surface area contributed by atoms with Crippen LogP contribution in [0.1, 0.15) is 5.56 Å². The molecule has 1 N–H and O–H groups in total. The molecular formula is C8H8F2O. The smallest absolute Gasteiger partial charge is 0.242 e. The van der Waals surface area contributed by atoms with Crippen molar-refractivity contribution in [3.63, 3.8) is 0 Å².